The summed E-state index contributed by atoms with van der Waals surface area (Å²) >= 11 is 7.11. The summed E-state index contributed by atoms with van der Waals surface area (Å²) in [4.78, 5) is 4.33. The first kappa shape index (κ1) is 13.2. The molecule has 5 heteroatoms. The number of halogens is 2. The molecular weight excluding hydrogens is 322 g/mol. The summed E-state index contributed by atoms with van der Waals surface area (Å²) in [7, 11) is 0. The van der Waals surface area contributed by atoms with E-state index >= 15 is 0 Å². The van der Waals surface area contributed by atoms with Crippen molar-refractivity contribution in [3.63, 3.8) is 0 Å². The van der Waals surface area contributed by atoms with E-state index in [1.54, 1.807) is 6.33 Å². The normalized spacial score (nSPS) is 12.0. The lowest BCUT2D eigenvalue weighted by atomic mass is 9.92. The van der Waals surface area contributed by atoms with Crippen LogP contribution in [-0.4, -0.2) is 25.4 Å². The van der Waals surface area contributed by atoms with Crippen molar-refractivity contribution in [2.45, 2.75) is 33.2 Å². The van der Waals surface area contributed by atoms with Crippen molar-refractivity contribution < 1.29 is 0 Å². The van der Waals surface area contributed by atoms with Crippen molar-refractivity contribution in [3.8, 4) is 0 Å². The van der Waals surface area contributed by atoms with E-state index in [1.165, 1.54) is 0 Å². The number of aromatic nitrogens is 3. The van der Waals surface area contributed by atoms with Crippen molar-refractivity contribution in [2.24, 2.45) is 5.41 Å². The number of hydrogen-bond donors (Lipinski definition) is 0. The Morgan fingerprint density at radius 3 is 2.60 bits per heavy atom. The van der Waals surface area contributed by atoms with E-state index in [0.29, 0.717) is 0 Å². The van der Waals surface area contributed by atoms with Gasteiger partial charge in [0.1, 0.15) is 12.2 Å². The van der Waals surface area contributed by atoms with Crippen LogP contribution >= 0.6 is 31.9 Å². The molecule has 0 radical (unpaired) electrons. The van der Waals surface area contributed by atoms with Gasteiger partial charge in [-0.3, -0.25) is 4.68 Å². The number of aryl methyl sites for hydroxylation is 1. The average Bonchev–Trinajstić information content (AvgIpc) is 2.66. The average molecular weight is 339 g/mol. The molecule has 15 heavy (non-hydrogen) atoms. The summed E-state index contributed by atoms with van der Waals surface area (Å²) in [5.74, 6) is 1.08. The zero-order valence-electron chi connectivity index (χ0n) is 9.21. The summed E-state index contributed by atoms with van der Waals surface area (Å²) in [6, 6.07) is 0. The Balaban J connectivity index is 2.74. The molecule has 0 spiro atoms. The molecule has 0 saturated heterocycles. The van der Waals surface area contributed by atoms with Gasteiger partial charge in [-0.25, -0.2) is 4.98 Å². The fourth-order valence-electron chi connectivity index (χ4n) is 1.34. The monoisotopic (exact) mass is 337 g/mol. The molecule has 0 unspecified atom stereocenters. The summed E-state index contributed by atoms with van der Waals surface area (Å²) < 4.78 is 2.00. The maximum atomic E-state index is 4.33. The zero-order chi connectivity index (χ0) is 11.3. The number of nitrogens with zero attached hydrogens (tertiary/aromatic N) is 3. The summed E-state index contributed by atoms with van der Waals surface area (Å²) in [5, 5.41) is 6.16. The van der Waals surface area contributed by atoms with Gasteiger partial charge in [-0.1, -0.05) is 45.7 Å². The zero-order valence-corrected chi connectivity index (χ0v) is 12.4. The molecular formula is C10H17Br2N3. The van der Waals surface area contributed by atoms with Gasteiger partial charge in [0.2, 0.25) is 0 Å². The second-order valence-corrected chi connectivity index (χ2v) is 5.28. The summed E-state index contributed by atoms with van der Waals surface area (Å²) in [6.07, 6.45) is 3.69. The highest BCUT2D eigenvalue weighted by molar-refractivity contribution is 9.09. The molecule has 0 aliphatic heterocycles. The van der Waals surface area contributed by atoms with E-state index in [-0.39, 0.29) is 5.41 Å². The Bertz CT molecular complexity index is 295. The quantitative estimate of drug-likeness (QED) is 0.746. The molecule has 0 bridgehead atoms. The van der Waals surface area contributed by atoms with Gasteiger partial charge >= 0.3 is 0 Å². The fourth-order valence-corrected chi connectivity index (χ4v) is 2.66. The highest BCUT2D eigenvalue weighted by Gasteiger charge is 2.24. The molecule has 1 heterocycles. The molecule has 0 amide bonds. The molecule has 0 N–H and O–H groups in total. The van der Waals surface area contributed by atoms with E-state index < -0.39 is 0 Å². The molecule has 0 atom stereocenters. The van der Waals surface area contributed by atoms with E-state index in [0.717, 1.165) is 35.9 Å². The Morgan fingerprint density at radius 2 is 2.07 bits per heavy atom. The molecule has 0 aromatic carbocycles. The number of rotatable bonds is 6. The van der Waals surface area contributed by atoms with Gasteiger partial charge in [0, 0.05) is 23.6 Å². The number of hydrogen-bond acceptors (Lipinski definition) is 2. The Morgan fingerprint density at radius 1 is 1.40 bits per heavy atom. The number of alkyl halides is 2. The van der Waals surface area contributed by atoms with Crippen molar-refractivity contribution in [1.29, 1.82) is 0 Å². The van der Waals surface area contributed by atoms with Crippen LogP contribution in [0.3, 0.4) is 0 Å². The molecule has 1 aromatic heterocycles. The van der Waals surface area contributed by atoms with Crippen molar-refractivity contribution in [2.75, 3.05) is 10.7 Å². The first-order valence-corrected chi connectivity index (χ1v) is 7.38. The van der Waals surface area contributed by atoms with Gasteiger partial charge in [-0.2, -0.15) is 5.10 Å². The molecule has 0 fully saturated rings. The smallest absolute Gasteiger partial charge is 0.138 e. The minimum atomic E-state index is 0.207. The van der Waals surface area contributed by atoms with Crippen LogP contribution in [0.4, 0.5) is 0 Å². The molecule has 0 saturated carbocycles. The highest BCUT2D eigenvalue weighted by Crippen LogP contribution is 2.26. The van der Waals surface area contributed by atoms with Gasteiger partial charge in [-0.15, -0.1) is 0 Å². The maximum Gasteiger partial charge on any atom is 0.138 e. The first-order chi connectivity index (χ1) is 7.15. The molecule has 3 nitrogen and oxygen atoms in total. The van der Waals surface area contributed by atoms with Crippen molar-refractivity contribution in [3.05, 3.63) is 12.2 Å². The van der Waals surface area contributed by atoms with Crippen LogP contribution in [0.25, 0.3) is 0 Å². The largest absolute Gasteiger partial charge is 0.250 e. The third kappa shape index (κ3) is 3.55. The lowest BCUT2D eigenvalue weighted by molar-refractivity contribution is 0.408. The Hall–Kier alpha value is 0.100. The van der Waals surface area contributed by atoms with E-state index in [9.17, 15) is 0 Å². The van der Waals surface area contributed by atoms with E-state index in [4.69, 9.17) is 0 Å². The second kappa shape index (κ2) is 5.99. The molecule has 0 aliphatic carbocycles. The fraction of sp³-hybridized carbons (Fsp3) is 0.800. The van der Waals surface area contributed by atoms with Crippen LogP contribution in [0.2, 0.25) is 0 Å². The molecule has 1 rings (SSSR count). The minimum absolute atomic E-state index is 0.207. The maximum absolute atomic E-state index is 4.33. The Labute approximate surface area is 108 Å². The van der Waals surface area contributed by atoms with E-state index in [1.807, 2.05) is 4.68 Å². The first-order valence-electron chi connectivity index (χ1n) is 5.14. The summed E-state index contributed by atoms with van der Waals surface area (Å²) in [5.41, 5.74) is 0.207. The van der Waals surface area contributed by atoms with Crippen LogP contribution in [0.1, 0.15) is 26.1 Å². The van der Waals surface area contributed by atoms with E-state index in [2.05, 4.69) is 55.8 Å². The van der Waals surface area contributed by atoms with Gasteiger partial charge in [0.05, 0.1) is 0 Å². The predicted molar refractivity (Wildman–Crippen MR) is 69.7 cm³/mol. The predicted octanol–water partition coefficient (Wildman–Crippen LogP) is 3.03. The second-order valence-electron chi connectivity index (χ2n) is 4.15. The SMILES string of the molecule is CCCn1ncnc1CC(C)(CBr)CBr. The van der Waals surface area contributed by atoms with Crippen LogP contribution in [0.15, 0.2) is 6.33 Å². The lowest BCUT2D eigenvalue weighted by Crippen LogP contribution is -2.25. The minimum Gasteiger partial charge on any atom is -0.250 e. The van der Waals surface area contributed by atoms with Crippen LogP contribution in [0.5, 0.6) is 0 Å². The van der Waals surface area contributed by atoms with Crippen LogP contribution in [-0.2, 0) is 13.0 Å². The molecule has 0 aliphatic rings. The summed E-state index contributed by atoms with van der Waals surface area (Å²) in [6.45, 7) is 5.34. The van der Waals surface area contributed by atoms with Gasteiger partial charge < -0.3 is 0 Å². The van der Waals surface area contributed by atoms with Crippen molar-refractivity contribution in [1.82, 2.24) is 14.8 Å². The van der Waals surface area contributed by atoms with Crippen LogP contribution < -0.4 is 0 Å². The molecule has 1 aromatic rings. The molecule has 86 valence electrons. The van der Waals surface area contributed by atoms with Gasteiger partial charge in [0.15, 0.2) is 0 Å². The standard InChI is InChI=1S/C10H17Br2N3/c1-3-4-15-9(13-8-14-15)5-10(2,6-11)7-12/h8H,3-7H2,1-2H3. The highest BCUT2D eigenvalue weighted by atomic mass is 79.9. The Kier molecular flexibility index (Phi) is 5.26. The van der Waals surface area contributed by atoms with Gasteiger partial charge in [-0.05, 0) is 11.8 Å². The topological polar surface area (TPSA) is 30.7 Å². The van der Waals surface area contributed by atoms with Crippen LogP contribution in [0, 0.1) is 5.41 Å². The lowest BCUT2D eigenvalue weighted by Gasteiger charge is -2.24. The van der Waals surface area contributed by atoms with Crippen molar-refractivity contribution >= 4 is 31.9 Å². The van der Waals surface area contributed by atoms with Gasteiger partial charge in [0.25, 0.3) is 0 Å². The third-order valence-corrected chi connectivity index (χ3v) is 5.07. The third-order valence-electron chi connectivity index (χ3n) is 2.36.